The van der Waals surface area contributed by atoms with E-state index in [0.717, 1.165) is 6.42 Å². The van der Waals surface area contributed by atoms with Crippen molar-refractivity contribution < 1.29 is 0 Å². The van der Waals surface area contributed by atoms with Crippen LogP contribution in [-0.4, -0.2) is 0 Å². The van der Waals surface area contributed by atoms with Crippen molar-refractivity contribution in [2.45, 2.75) is 32.2 Å². The first-order chi connectivity index (χ1) is 9.28. The molecule has 0 heterocycles. The number of hydrogen-bond donors (Lipinski definition) is 1. The van der Waals surface area contributed by atoms with Crippen LogP contribution in [0.1, 0.15) is 36.1 Å². The summed E-state index contributed by atoms with van der Waals surface area (Å²) >= 11 is 3.55. The summed E-state index contributed by atoms with van der Waals surface area (Å²) in [4.78, 5) is 0. The molecule has 1 atom stereocenters. The van der Waals surface area contributed by atoms with Crippen LogP contribution < -0.4 is 5.32 Å². The molecule has 0 radical (unpaired) electrons. The van der Waals surface area contributed by atoms with Crippen molar-refractivity contribution in [1.29, 1.82) is 0 Å². The minimum atomic E-state index is 0.454. The van der Waals surface area contributed by atoms with E-state index in [-0.39, 0.29) is 0 Å². The van der Waals surface area contributed by atoms with Crippen LogP contribution in [0.4, 0.5) is 5.69 Å². The maximum absolute atomic E-state index is 3.72. The number of hydrogen-bond acceptors (Lipinski definition) is 1. The Morgan fingerprint density at radius 2 is 2.05 bits per heavy atom. The third-order valence-electron chi connectivity index (χ3n) is 3.91. The highest BCUT2D eigenvalue weighted by molar-refractivity contribution is 9.10. The molecule has 0 bridgehead atoms. The Bertz CT molecular complexity index is 592. The summed E-state index contributed by atoms with van der Waals surface area (Å²) < 4.78 is 1.18. The largest absolute Gasteiger partial charge is 0.378 e. The summed E-state index contributed by atoms with van der Waals surface area (Å²) in [5, 5.41) is 3.72. The highest BCUT2D eigenvalue weighted by Gasteiger charge is 2.22. The first-order valence-electron chi connectivity index (χ1n) is 6.90. The lowest BCUT2D eigenvalue weighted by Crippen LogP contribution is -2.08. The van der Waals surface area contributed by atoms with E-state index in [1.165, 1.54) is 39.7 Å². The standard InChI is InChI=1S/C17H18BrN/c1-2-12-5-3-4-6-16(12)19-17-10-7-13-11-14(18)8-9-15(13)17/h3-6,8-9,11,17,19H,2,7,10H2,1H3. The van der Waals surface area contributed by atoms with E-state index in [1.54, 1.807) is 0 Å². The highest BCUT2D eigenvalue weighted by Crippen LogP contribution is 2.36. The summed E-state index contributed by atoms with van der Waals surface area (Å²) in [6.07, 6.45) is 3.42. The zero-order chi connectivity index (χ0) is 13.2. The average molecular weight is 316 g/mol. The highest BCUT2D eigenvalue weighted by atomic mass is 79.9. The Morgan fingerprint density at radius 1 is 1.21 bits per heavy atom. The second-order valence-corrected chi connectivity index (χ2v) is 6.01. The Kier molecular flexibility index (Phi) is 3.61. The van der Waals surface area contributed by atoms with Crippen LogP contribution in [0.5, 0.6) is 0 Å². The first kappa shape index (κ1) is 12.7. The number of aryl methyl sites for hydroxylation is 2. The summed E-state index contributed by atoms with van der Waals surface area (Å²) in [6, 6.07) is 15.7. The van der Waals surface area contributed by atoms with Gasteiger partial charge in [-0.1, -0.05) is 47.1 Å². The smallest absolute Gasteiger partial charge is 0.0519 e. The van der Waals surface area contributed by atoms with Crippen molar-refractivity contribution in [3.05, 3.63) is 63.6 Å². The van der Waals surface area contributed by atoms with Crippen molar-refractivity contribution in [3.63, 3.8) is 0 Å². The van der Waals surface area contributed by atoms with Crippen molar-refractivity contribution in [2.24, 2.45) is 0 Å². The van der Waals surface area contributed by atoms with Crippen LogP contribution in [0.3, 0.4) is 0 Å². The van der Waals surface area contributed by atoms with Gasteiger partial charge in [-0.05, 0) is 54.2 Å². The number of fused-ring (bicyclic) bond motifs is 1. The summed E-state index contributed by atoms with van der Waals surface area (Å²) in [5.74, 6) is 0. The van der Waals surface area contributed by atoms with Crippen LogP contribution in [-0.2, 0) is 12.8 Å². The van der Waals surface area contributed by atoms with Crippen molar-refractivity contribution in [2.75, 3.05) is 5.32 Å². The molecule has 2 aromatic rings. The van der Waals surface area contributed by atoms with E-state index in [0.29, 0.717) is 6.04 Å². The Labute approximate surface area is 123 Å². The second kappa shape index (κ2) is 5.38. The van der Waals surface area contributed by atoms with Gasteiger partial charge in [-0.3, -0.25) is 0 Å². The normalized spacial score (nSPS) is 17.3. The number of halogens is 1. The molecule has 0 aliphatic heterocycles. The topological polar surface area (TPSA) is 12.0 Å². The van der Waals surface area contributed by atoms with Gasteiger partial charge in [0.2, 0.25) is 0 Å². The number of para-hydroxylation sites is 1. The van der Waals surface area contributed by atoms with Crippen molar-refractivity contribution in [3.8, 4) is 0 Å². The van der Waals surface area contributed by atoms with Gasteiger partial charge in [0.25, 0.3) is 0 Å². The Hall–Kier alpha value is -1.28. The lowest BCUT2D eigenvalue weighted by atomic mass is 10.1. The summed E-state index contributed by atoms with van der Waals surface area (Å²) in [7, 11) is 0. The van der Waals surface area contributed by atoms with Gasteiger partial charge in [-0.2, -0.15) is 0 Å². The lowest BCUT2D eigenvalue weighted by Gasteiger charge is -2.18. The van der Waals surface area contributed by atoms with Crippen molar-refractivity contribution in [1.82, 2.24) is 0 Å². The number of anilines is 1. The molecule has 1 aliphatic carbocycles. The minimum Gasteiger partial charge on any atom is -0.378 e. The van der Waals surface area contributed by atoms with Gasteiger partial charge >= 0.3 is 0 Å². The van der Waals surface area contributed by atoms with Gasteiger partial charge in [-0.25, -0.2) is 0 Å². The van der Waals surface area contributed by atoms with Gasteiger partial charge in [0, 0.05) is 10.2 Å². The molecular formula is C17H18BrN. The lowest BCUT2D eigenvalue weighted by molar-refractivity contribution is 0.760. The summed E-state index contributed by atoms with van der Waals surface area (Å²) in [5.41, 5.74) is 5.61. The third-order valence-corrected chi connectivity index (χ3v) is 4.40. The molecule has 0 spiro atoms. The molecule has 1 nitrogen and oxygen atoms in total. The van der Waals surface area contributed by atoms with E-state index in [9.17, 15) is 0 Å². The molecule has 0 fully saturated rings. The maximum atomic E-state index is 3.72. The van der Waals surface area contributed by atoms with Crippen LogP contribution in [0, 0.1) is 0 Å². The Morgan fingerprint density at radius 3 is 2.89 bits per heavy atom. The second-order valence-electron chi connectivity index (χ2n) is 5.09. The molecule has 0 aromatic heterocycles. The predicted octanol–water partition coefficient (Wildman–Crippen LogP) is 5.11. The SMILES string of the molecule is CCc1ccccc1NC1CCc2cc(Br)ccc21. The van der Waals surface area contributed by atoms with Gasteiger partial charge in [0.1, 0.15) is 0 Å². The fourth-order valence-electron chi connectivity index (χ4n) is 2.89. The molecule has 0 saturated heterocycles. The van der Waals surface area contributed by atoms with Crippen LogP contribution >= 0.6 is 15.9 Å². The zero-order valence-corrected chi connectivity index (χ0v) is 12.7. The zero-order valence-electron chi connectivity index (χ0n) is 11.1. The van der Waals surface area contributed by atoms with Gasteiger partial charge in [0.15, 0.2) is 0 Å². The molecular weight excluding hydrogens is 298 g/mol. The number of benzene rings is 2. The van der Waals surface area contributed by atoms with Gasteiger partial charge in [0.05, 0.1) is 6.04 Å². The van der Waals surface area contributed by atoms with E-state index in [4.69, 9.17) is 0 Å². The molecule has 98 valence electrons. The molecule has 0 amide bonds. The molecule has 1 aliphatic rings. The molecule has 3 rings (SSSR count). The van der Waals surface area contributed by atoms with Crippen LogP contribution in [0.2, 0.25) is 0 Å². The molecule has 2 aromatic carbocycles. The van der Waals surface area contributed by atoms with E-state index in [2.05, 4.69) is 70.6 Å². The molecule has 1 unspecified atom stereocenters. The summed E-state index contributed by atoms with van der Waals surface area (Å²) in [6.45, 7) is 2.21. The fraction of sp³-hybridized carbons (Fsp3) is 0.294. The van der Waals surface area contributed by atoms with E-state index in [1.807, 2.05) is 0 Å². The number of rotatable bonds is 3. The molecule has 1 N–H and O–H groups in total. The minimum absolute atomic E-state index is 0.454. The van der Waals surface area contributed by atoms with Gasteiger partial charge in [-0.15, -0.1) is 0 Å². The van der Waals surface area contributed by atoms with E-state index < -0.39 is 0 Å². The first-order valence-corrected chi connectivity index (χ1v) is 7.70. The van der Waals surface area contributed by atoms with Gasteiger partial charge < -0.3 is 5.32 Å². The molecule has 2 heteroatoms. The van der Waals surface area contributed by atoms with Crippen LogP contribution in [0.15, 0.2) is 46.9 Å². The quantitative estimate of drug-likeness (QED) is 0.829. The predicted molar refractivity (Wildman–Crippen MR) is 84.6 cm³/mol. The fourth-order valence-corrected chi connectivity index (χ4v) is 3.30. The number of nitrogens with one attached hydrogen (secondary N) is 1. The monoisotopic (exact) mass is 315 g/mol. The van der Waals surface area contributed by atoms with Crippen molar-refractivity contribution >= 4 is 21.6 Å². The maximum Gasteiger partial charge on any atom is 0.0519 e. The molecule has 19 heavy (non-hydrogen) atoms. The average Bonchev–Trinajstić information content (AvgIpc) is 2.82. The van der Waals surface area contributed by atoms with E-state index >= 15 is 0 Å². The molecule has 0 saturated carbocycles. The third kappa shape index (κ3) is 2.55. The van der Waals surface area contributed by atoms with Crippen LogP contribution in [0.25, 0.3) is 0 Å². The Balaban J connectivity index is 1.87.